The monoisotopic (exact) mass is 277 g/mol. The van der Waals surface area contributed by atoms with Crippen LogP contribution >= 0.6 is 0 Å². The van der Waals surface area contributed by atoms with Crippen LogP contribution in [-0.4, -0.2) is 35.6 Å². The highest BCUT2D eigenvalue weighted by Gasteiger charge is 2.32. The summed E-state index contributed by atoms with van der Waals surface area (Å²) in [6.45, 7) is 9.15. The first-order valence-electron chi connectivity index (χ1n) is 8.45. The molecule has 0 bridgehead atoms. The van der Waals surface area contributed by atoms with E-state index in [9.17, 15) is 5.26 Å². The Morgan fingerprint density at radius 2 is 1.95 bits per heavy atom. The zero-order chi connectivity index (χ0) is 14.6. The lowest BCUT2D eigenvalue weighted by molar-refractivity contribution is 0.206. The largest absolute Gasteiger partial charge is 0.301 e. The number of hydrogen-bond acceptors (Lipinski definition) is 3. The molecule has 114 valence electrons. The van der Waals surface area contributed by atoms with Crippen molar-refractivity contribution in [3.05, 3.63) is 0 Å². The minimum Gasteiger partial charge on any atom is -0.301 e. The molecule has 1 atom stereocenters. The SMILES string of the molecule is CC(C)N(CCCCC(C)(C#N)NC1CC1)CC1CC1. The predicted octanol–water partition coefficient (Wildman–Crippen LogP) is 3.31. The summed E-state index contributed by atoms with van der Waals surface area (Å²) in [6.07, 6.45) is 8.71. The van der Waals surface area contributed by atoms with Crippen molar-refractivity contribution in [2.75, 3.05) is 13.1 Å². The van der Waals surface area contributed by atoms with Gasteiger partial charge in [0, 0.05) is 18.6 Å². The highest BCUT2D eigenvalue weighted by Crippen LogP contribution is 2.30. The first kappa shape index (κ1) is 15.8. The van der Waals surface area contributed by atoms with Gasteiger partial charge in [-0.05, 0) is 78.2 Å². The van der Waals surface area contributed by atoms with Gasteiger partial charge in [-0.15, -0.1) is 0 Å². The molecule has 3 heteroatoms. The smallest absolute Gasteiger partial charge is 0.104 e. The quantitative estimate of drug-likeness (QED) is 0.623. The normalized spacial score (nSPS) is 22.0. The topological polar surface area (TPSA) is 39.1 Å². The Hall–Kier alpha value is -0.590. The minimum atomic E-state index is -0.305. The summed E-state index contributed by atoms with van der Waals surface area (Å²) in [4.78, 5) is 2.62. The molecule has 0 aromatic carbocycles. The van der Waals surface area contributed by atoms with Crippen molar-refractivity contribution in [3.8, 4) is 6.07 Å². The second kappa shape index (κ2) is 6.91. The molecule has 2 fully saturated rings. The van der Waals surface area contributed by atoms with Crippen molar-refractivity contribution >= 4 is 0 Å². The van der Waals surface area contributed by atoms with Crippen LogP contribution in [0.25, 0.3) is 0 Å². The van der Waals surface area contributed by atoms with Crippen molar-refractivity contribution in [2.24, 2.45) is 5.92 Å². The molecule has 2 saturated carbocycles. The summed E-state index contributed by atoms with van der Waals surface area (Å²) in [5.74, 6) is 0.971. The zero-order valence-corrected chi connectivity index (χ0v) is 13.5. The van der Waals surface area contributed by atoms with E-state index in [1.807, 2.05) is 0 Å². The molecule has 2 aliphatic rings. The summed E-state index contributed by atoms with van der Waals surface area (Å²) >= 11 is 0. The maximum absolute atomic E-state index is 9.36. The van der Waals surface area contributed by atoms with Gasteiger partial charge in [0.25, 0.3) is 0 Å². The highest BCUT2D eigenvalue weighted by molar-refractivity contribution is 5.06. The van der Waals surface area contributed by atoms with E-state index in [0.717, 1.165) is 18.8 Å². The third-order valence-electron chi connectivity index (χ3n) is 4.64. The van der Waals surface area contributed by atoms with Gasteiger partial charge in [0.1, 0.15) is 5.54 Å². The standard InChI is InChI=1S/C17H31N3/c1-14(2)20(12-15-6-7-15)11-5-4-10-17(3,13-18)19-16-8-9-16/h14-16,19H,4-12H2,1-3H3. The molecule has 0 radical (unpaired) electrons. The predicted molar refractivity (Wildman–Crippen MR) is 83.5 cm³/mol. The Bertz CT molecular complexity index is 339. The molecule has 2 aliphatic carbocycles. The Balaban J connectivity index is 1.64. The van der Waals surface area contributed by atoms with Crippen LogP contribution in [0.4, 0.5) is 0 Å². The van der Waals surface area contributed by atoms with E-state index in [4.69, 9.17) is 0 Å². The van der Waals surface area contributed by atoms with Crippen LogP contribution in [0.3, 0.4) is 0 Å². The van der Waals surface area contributed by atoms with Crippen LogP contribution in [0.1, 0.15) is 65.7 Å². The molecule has 2 rings (SSSR count). The molecule has 0 aromatic rings. The number of nitrogens with zero attached hydrogens (tertiary/aromatic N) is 2. The number of unbranched alkanes of at least 4 members (excludes halogenated alkanes) is 1. The molecule has 1 unspecified atom stereocenters. The first-order valence-corrected chi connectivity index (χ1v) is 8.45. The third-order valence-corrected chi connectivity index (χ3v) is 4.64. The number of nitrogens with one attached hydrogen (secondary N) is 1. The summed E-state index contributed by atoms with van der Waals surface area (Å²) < 4.78 is 0. The van der Waals surface area contributed by atoms with Crippen molar-refractivity contribution in [3.63, 3.8) is 0 Å². The number of hydrogen-bond donors (Lipinski definition) is 1. The molecular weight excluding hydrogens is 246 g/mol. The average Bonchev–Trinajstić information content (AvgIpc) is 3.28. The van der Waals surface area contributed by atoms with E-state index in [1.54, 1.807) is 0 Å². The summed E-state index contributed by atoms with van der Waals surface area (Å²) in [6, 6.07) is 3.75. The van der Waals surface area contributed by atoms with Crippen LogP contribution in [0.5, 0.6) is 0 Å². The third kappa shape index (κ3) is 5.42. The van der Waals surface area contributed by atoms with Crippen molar-refractivity contribution < 1.29 is 0 Å². The lowest BCUT2D eigenvalue weighted by Gasteiger charge is -2.27. The van der Waals surface area contributed by atoms with Gasteiger partial charge in [-0.3, -0.25) is 5.32 Å². The molecule has 0 saturated heterocycles. The Morgan fingerprint density at radius 1 is 1.25 bits per heavy atom. The van der Waals surface area contributed by atoms with E-state index >= 15 is 0 Å². The van der Waals surface area contributed by atoms with E-state index in [1.165, 1.54) is 45.2 Å². The van der Waals surface area contributed by atoms with Gasteiger partial charge < -0.3 is 4.90 Å². The summed E-state index contributed by atoms with van der Waals surface area (Å²) in [5.41, 5.74) is -0.305. The van der Waals surface area contributed by atoms with Crippen LogP contribution in [0, 0.1) is 17.2 Å². The lowest BCUT2D eigenvalue weighted by atomic mass is 9.96. The Kier molecular flexibility index (Phi) is 5.46. The fourth-order valence-corrected chi connectivity index (χ4v) is 2.82. The molecule has 20 heavy (non-hydrogen) atoms. The van der Waals surface area contributed by atoms with Gasteiger partial charge >= 0.3 is 0 Å². The molecule has 0 spiro atoms. The fraction of sp³-hybridized carbons (Fsp3) is 0.941. The van der Waals surface area contributed by atoms with Crippen LogP contribution in [0.15, 0.2) is 0 Å². The minimum absolute atomic E-state index is 0.305. The Morgan fingerprint density at radius 3 is 2.45 bits per heavy atom. The first-order chi connectivity index (χ1) is 9.52. The lowest BCUT2D eigenvalue weighted by Crippen LogP contribution is -2.42. The Labute approximate surface area is 124 Å². The summed E-state index contributed by atoms with van der Waals surface area (Å²) in [5, 5.41) is 12.9. The average molecular weight is 277 g/mol. The van der Waals surface area contributed by atoms with Crippen molar-refractivity contribution in [2.45, 2.75) is 83.3 Å². The number of rotatable bonds is 10. The molecule has 0 aliphatic heterocycles. The van der Waals surface area contributed by atoms with Crippen molar-refractivity contribution in [1.29, 1.82) is 5.26 Å². The van der Waals surface area contributed by atoms with Crippen LogP contribution in [0.2, 0.25) is 0 Å². The maximum Gasteiger partial charge on any atom is 0.104 e. The maximum atomic E-state index is 9.36. The fourth-order valence-electron chi connectivity index (χ4n) is 2.82. The molecule has 0 aromatic heterocycles. The number of nitriles is 1. The van der Waals surface area contributed by atoms with Gasteiger partial charge in [-0.1, -0.05) is 0 Å². The summed E-state index contributed by atoms with van der Waals surface area (Å²) in [7, 11) is 0. The molecule has 3 nitrogen and oxygen atoms in total. The van der Waals surface area contributed by atoms with E-state index in [-0.39, 0.29) is 5.54 Å². The molecule has 0 amide bonds. The van der Waals surface area contributed by atoms with Crippen LogP contribution < -0.4 is 5.32 Å². The van der Waals surface area contributed by atoms with Gasteiger partial charge in [-0.25, -0.2) is 0 Å². The van der Waals surface area contributed by atoms with E-state index in [0.29, 0.717) is 12.1 Å². The van der Waals surface area contributed by atoms with Gasteiger partial charge in [-0.2, -0.15) is 5.26 Å². The van der Waals surface area contributed by atoms with Gasteiger partial charge in [0.2, 0.25) is 0 Å². The van der Waals surface area contributed by atoms with Crippen LogP contribution in [-0.2, 0) is 0 Å². The second-order valence-corrected chi connectivity index (χ2v) is 7.35. The molecule has 1 N–H and O–H groups in total. The molecular formula is C17H31N3. The van der Waals surface area contributed by atoms with Gasteiger partial charge in [0.15, 0.2) is 0 Å². The zero-order valence-electron chi connectivity index (χ0n) is 13.5. The van der Waals surface area contributed by atoms with E-state index < -0.39 is 0 Å². The second-order valence-electron chi connectivity index (χ2n) is 7.35. The molecule has 0 heterocycles. The van der Waals surface area contributed by atoms with Crippen molar-refractivity contribution in [1.82, 2.24) is 10.2 Å². The van der Waals surface area contributed by atoms with E-state index in [2.05, 4.69) is 37.1 Å². The highest BCUT2D eigenvalue weighted by atomic mass is 15.1. The van der Waals surface area contributed by atoms with Gasteiger partial charge in [0.05, 0.1) is 6.07 Å².